The highest BCUT2D eigenvalue weighted by Gasteiger charge is 2.08. The highest BCUT2D eigenvalue weighted by molar-refractivity contribution is 7.09. The zero-order valence-corrected chi connectivity index (χ0v) is 13.3. The van der Waals surface area contributed by atoms with Crippen LogP contribution in [0, 0.1) is 0 Å². The zero-order valence-electron chi connectivity index (χ0n) is 12.5. The molecule has 0 radical (unpaired) electrons. The van der Waals surface area contributed by atoms with Crippen molar-refractivity contribution < 1.29 is 14.3 Å². The first-order chi connectivity index (χ1) is 10.1. The van der Waals surface area contributed by atoms with E-state index < -0.39 is 0 Å². The molecule has 0 saturated heterocycles. The second-order valence-corrected chi connectivity index (χ2v) is 5.75. The highest BCUT2D eigenvalue weighted by Crippen LogP contribution is 2.20. The van der Waals surface area contributed by atoms with Crippen LogP contribution in [0.3, 0.4) is 0 Å². The first-order valence-corrected chi connectivity index (χ1v) is 7.82. The lowest BCUT2D eigenvalue weighted by Gasteiger charge is -2.06. The Morgan fingerprint density at radius 2 is 2.00 bits per heavy atom. The quantitative estimate of drug-likeness (QED) is 0.756. The number of carbonyl (C=O) groups is 1. The molecule has 21 heavy (non-hydrogen) atoms. The summed E-state index contributed by atoms with van der Waals surface area (Å²) in [6.45, 7) is 6.84. The van der Waals surface area contributed by atoms with Gasteiger partial charge in [-0.2, -0.15) is 0 Å². The molecule has 0 spiro atoms. The summed E-state index contributed by atoms with van der Waals surface area (Å²) in [6.07, 6.45) is 0. The number of benzene rings is 1. The second-order valence-electron chi connectivity index (χ2n) is 4.87. The molecule has 0 bridgehead atoms. The number of hydrogen-bond donors (Lipinski definition) is 0. The smallest absolute Gasteiger partial charge is 0.338 e. The summed E-state index contributed by atoms with van der Waals surface area (Å²) in [5, 5.41) is 3.13. The van der Waals surface area contributed by atoms with Gasteiger partial charge in [0.25, 0.3) is 0 Å². The molecule has 0 aliphatic carbocycles. The molecule has 2 rings (SSSR count). The SMILES string of the molecule is CCOC(=O)c1ccc(OCc2csc(C(C)C)n2)cc1. The Labute approximate surface area is 128 Å². The van der Waals surface area contributed by atoms with Gasteiger partial charge in [0.1, 0.15) is 12.4 Å². The molecule has 0 N–H and O–H groups in total. The van der Waals surface area contributed by atoms with Crippen molar-refractivity contribution in [1.29, 1.82) is 0 Å². The predicted molar refractivity (Wildman–Crippen MR) is 82.9 cm³/mol. The largest absolute Gasteiger partial charge is 0.487 e. The summed E-state index contributed by atoms with van der Waals surface area (Å²) in [6, 6.07) is 6.94. The zero-order chi connectivity index (χ0) is 15.2. The minimum Gasteiger partial charge on any atom is -0.487 e. The van der Waals surface area contributed by atoms with Gasteiger partial charge in [-0.15, -0.1) is 11.3 Å². The number of hydrogen-bond acceptors (Lipinski definition) is 5. The summed E-state index contributed by atoms with van der Waals surface area (Å²) in [5.74, 6) is 0.833. The Kier molecular flexibility index (Phi) is 5.33. The average Bonchev–Trinajstić information content (AvgIpc) is 2.95. The van der Waals surface area contributed by atoms with E-state index in [2.05, 4.69) is 18.8 Å². The minimum atomic E-state index is -0.315. The van der Waals surface area contributed by atoms with Crippen molar-refractivity contribution >= 4 is 17.3 Å². The van der Waals surface area contributed by atoms with E-state index >= 15 is 0 Å². The molecule has 4 nitrogen and oxygen atoms in total. The van der Waals surface area contributed by atoms with E-state index in [1.54, 1.807) is 42.5 Å². The van der Waals surface area contributed by atoms with Crippen molar-refractivity contribution in [3.63, 3.8) is 0 Å². The Morgan fingerprint density at radius 1 is 1.29 bits per heavy atom. The second kappa shape index (κ2) is 7.22. The van der Waals surface area contributed by atoms with Gasteiger partial charge >= 0.3 is 5.97 Å². The maximum atomic E-state index is 11.5. The van der Waals surface area contributed by atoms with Gasteiger partial charge in [-0.05, 0) is 31.2 Å². The molecule has 0 amide bonds. The van der Waals surface area contributed by atoms with E-state index in [1.165, 1.54) is 0 Å². The molecule has 1 aromatic carbocycles. The van der Waals surface area contributed by atoms with Crippen LogP contribution in [-0.2, 0) is 11.3 Å². The predicted octanol–water partition coefficient (Wildman–Crippen LogP) is 4.02. The maximum Gasteiger partial charge on any atom is 0.338 e. The Bertz CT molecular complexity index is 590. The molecule has 0 saturated carbocycles. The molecule has 0 atom stereocenters. The molecule has 0 fully saturated rings. The summed E-state index contributed by atoms with van der Waals surface area (Å²) >= 11 is 1.65. The first-order valence-electron chi connectivity index (χ1n) is 6.94. The van der Waals surface area contributed by atoms with Gasteiger partial charge in [-0.1, -0.05) is 13.8 Å². The Balaban J connectivity index is 1.92. The van der Waals surface area contributed by atoms with Crippen LogP contribution in [-0.4, -0.2) is 17.6 Å². The normalized spacial score (nSPS) is 10.7. The van der Waals surface area contributed by atoms with E-state index in [1.807, 2.05) is 5.38 Å². The number of nitrogens with zero attached hydrogens (tertiary/aromatic N) is 1. The molecule has 0 aliphatic heterocycles. The molecule has 0 aliphatic rings. The van der Waals surface area contributed by atoms with Gasteiger partial charge in [-0.25, -0.2) is 9.78 Å². The molecule has 1 aromatic heterocycles. The lowest BCUT2D eigenvalue weighted by atomic mass is 10.2. The molecular formula is C16H19NO3S. The summed E-state index contributed by atoms with van der Waals surface area (Å²) < 4.78 is 10.6. The van der Waals surface area contributed by atoms with Gasteiger partial charge in [0, 0.05) is 11.3 Å². The van der Waals surface area contributed by atoms with Gasteiger partial charge < -0.3 is 9.47 Å². The van der Waals surface area contributed by atoms with E-state index in [-0.39, 0.29) is 5.97 Å². The standard InChI is InChI=1S/C16H19NO3S/c1-4-19-16(18)12-5-7-14(8-6-12)20-9-13-10-21-15(17-13)11(2)3/h5-8,10-11H,4,9H2,1-3H3. The summed E-state index contributed by atoms with van der Waals surface area (Å²) in [4.78, 5) is 16.0. The van der Waals surface area contributed by atoms with Crippen LogP contribution < -0.4 is 4.74 Å². The van der Waals surface area contributed by atoms with Crippen molar-refractivity contribution in [1.82, 2.24) is 4.98 Å². The number of aromatic nitrogens is 1. The van der Waals surface area contributed by atoms with Crippen molar-refractivity contribution in [2.75, 3.05) is 6.61 Å². The van der Waals surface area contributed by atoms with Crippen molar-refractivity contribution in [3.05, 3.63) is 45.9 Å². The fourth-order valence-corrected chi connectivity index (χ4v) is 2.53. The van der Waals surface area contributed by atoms with Crippen LogP contribution in [0.5, 0.6) is 5.75 Å². The summed E-state index contributed by atoms with van der Waals surface area (Å²) in [7, 11) is 0. The Morgan fingerprint density at radius 3 is 2.57 bits per heavy atom. The number of thiazole rings is 1. The van der Waals surface area contributed by atoms with Crippen molar-refractivity contribution in [2.45, 2.75) is 33.3 Å². The van der Waals surface area contributed by atoms with Crippen LogP contribution in [0.25, 0.3) is 0 Å². The van der Waals surface area contributed by atoms with Gasteiger partial charge in [0.2, 0.25) is 0 Å². The molecule has 0 unspecified atom stereocenters. The van der Waals surface area contributed by atoms with E-state index in [0.717, 1.165) is 10.7 Å². The number of esters is 1. The fraction of sp³-hybridized carbons (Fsp3) is 0.375. The molecule has 1 heterocycles. The lowest BCUT2D eigenvalue weighted by molar-refractivity contribution is 0.0526. The van der Waals surface area contributed by atoms with E-state index in [4.69, 9.17) is 9.47 Å². The van der Waals surface area contributed by atoms with Crippen molar-refractivity contribution in [3.8, 4) is 5.75 Å². The monoisotopic (exact) mass is 305 g/mol. The van der Waals surface area contributed by atoms with Crippen LogP contribution in [0.1, 0.15) is 47.7 Å². The van der Waals surface area contributed by atoms with E-state index in [0.29, 0.717) is 30.4 Å². The van der Waals surface area contributed by atoms with Gasteiger partial charge in [0.05, 0.1) is 22.9 Å². The molecule has 112 valence electrons. The van der Waals surface area contributed by atoms with E-state index in [9.17, 15) is 4.79 Å². The molecule has 5 heteroatoms. The lowest BCUT2D eigenvalue weighted by Crippen LogP contribution is -2.04. The van der Waals surface area contributed by atoms with Crippen molar-refractivity contribution in [2.24, 2.45) is 0 Å². The number of rotatable bonds is 6. The molecular weight excluding hydrogens is 286 g/mol. The average molecular weight is 305 g/mol. The minimum absolute atomic E-state index is 0.315. The highest BCUT2D eigenvalue weighted by atomic mass is 32.1. The van der Waals surface area contributed by atoms with Gasteiger partial charge in [-0.3, -0.25) is 0 Å². The maximum absolute atomic E-state index is 11.5. The third kappa shape index (κ3) is 4.29. The number of ether oxygens (including phenoxy) is 2. The third-order valence-electron chi connectivity index (χ3n) is 2.82. The third-order valence-corrected chi connectivity index (χ3v) is 4.01. The van der Waals surface area contributed by atoms with Crippen LogP contribution in [0.4, 0.5) is 0 Å². The topological polar surface area (TPSA) is 48.4 Å². The number of carbonyl (C=O) groups excluding carboxylic acids is 1. The van der Waals surface area contributed by atoms with Crippen LogP contribution >= 0.6 is 11.3 Å². The Hall–Kier alpha value is -1.88. The fourth-order valence-electron chi connectivity index (χ4n) is 1.71. The first kappa shape index (κ1) is 15.5. The van der Waals surface area contributed by atoms with Gasteiger partial charge in [0.15, 0.2) is 0 Å². The van der Waals surface area contributed by atoms with Crippen LogP contribution in [0.15, 0.2) is 29.6 Å². The summed E-state index contributed by atoms with van der Waals surface area (Å²) in [5.41, 5.74) is 1.46. The van der Waals surface area contributed by atoms with Crippen LogP contribution in [0.2, 0.25) is 0 Å². The molecule has 2 aromatic rings.